The van der Waals surface area contributed by atoms with Gasteiger partial charge in [0.2, 0.25) is 0 Å². The molecule has 0 radical (unpaired) electrons. The van der Waals surface area contributed by atoms with Gasteiger partial charge in [-0.25, -0.2) is 4.21 Å². The van der Waals surface area contributed by atoms with Crippen LogP contribution in [0.15, 0.2) is 23.1 Å². The fourth-order valence-electron chi connectivity index (χ4n) is 1.36. The Morgan fingerprint density at radius 2 is 2.38 bits per heavy atom. The molecule has 70 valence electrons. The van der Waals surface area contributed by atoms with Crippen LogP contribution in [-0.2, 0) is 21.7 Å². The van der Waals surface area contributed by atoms with E-state index in [-0.39, 0.29) is 0 Å². The Bertz CT molecular complexity index is 349. The molecule has 1 aromatic rings. The predicted octanol–water partition coefficient (Wildman–Crippen LogP) is 1.29. The van der Waals surface area contributed by atoms with Gasteiger partial charge in [0, 0.05) is 6.42 Å². The summed E-state index contributed by atoms with van der Waals surface area (Å²) in [4.78, 5) is 0.701. The fraction of sp³-hybridized carbons (Fsp3) is 0.333. The van der Waals surface area contributed by atoms with Crippen molar-refractivity contribution in [2.45, 2.75) is 11.3 Å². The first kappa shape index (κ1) is 8.72. The summed E-state index contributed by atoms with van der Waals surface area (Å²) in [5, 5.41) is 0. The maximum absolute atomic E-state index is 11.3. The van der Waals surface area contributed by atoms with Crippen molar-refractivity contribution in [1.29, 1.82) is 0 Å². The van der Waals surface area contributed by atoms with Crippen molar-refractivity contribution in [3.05, 3.63) is 23.8 Å². The summed E-state index contributed by atoms with van der Waals surface area (Å²) in [7, 11) is 1.43. The summed E-state index contributed by atoms with van der Waals surface area (Å²) in [6, 6.07) is 5.49. The molecule has 2 rings (SSSR count). The van der Waals surface area contributed by atoms with Gasteiger partial charge in [0.25, 0.3) is 0 Å². The summed E-state index contributed by atoms with van der Waals surface area (Å²) >= 11 is -1.34. The molecule has 0 fully saturated rings. The van der Waals surface area contributed by atoms with Gasteiger partial charge in [-0.05, 0) is 23.8 Å². The lowest BCUT2D eigenvalue weighted by atomic mass is 10.2. The van der Waals surface area contributed by atoms with Gasteiger partial charge >= 0.3 is 0 Å². The summed E-state index contributed by atoms with van der Waals surface area (Å²) in [6.45, 7) is 0.721. The monoisotopic (exact) mass is 198 g/mol. The van der Waals surface area contributed by atoms with E-state index in [9.17, 15) is 4.21 Å². The minimum absolute atomic E-state index is 0.701. The second kappa shape index (κ2) is 3.47. The number of rotatable bonds is 2. The maximum atomic E-state index is 11.3. The van der Waals surface area contributed by atoms with Crippen molar-refractivity contribution in [1.82, 2.24) is 0 Å². The van der Waals surface area contributed by atoms with E-state index < -0.39 is 11.1 Å². The zero-order valence-electron chi connectivity index (χ0n) is 7.28. The van der Waals surface area contributed by atoms with Gasteiger partial charge in [0.15, 0.2) is 11.1 Å². The zero-order valence-corrected chi connectivity index (χ0v) is 8.10. The van der Waals surface area contributed by atoms with Crippen LogP contribution in [0.3, 0.4) is 0 Å². The smallest absolute Gasteiger partial charge is 0.188 e. The Hall–Kier alpha value is -0.870. The lowest BCUT2D eigenvalue weighted by Gasteiger charge is -2.01. The highest BCUT2D eigenvalue weighted by atomic mass is 32.2. The molecule has 1 aromatic carbocycles. The predicted molar refractivity (Wildman–Crippen MR) is 49.1 cm³/mol. The zero-order chi connectivity index (χ0) is 9.26. The van der Waals surface area contributed by atoms with Gasteiger partial charge in [0.05, 0.1) is 18.6 Å². The van der Waals surface area contributed by atoms with Gasteiger partial charge in [-0.1, -0.05) is 0 Å². The van der Waals surface area contributed by atoms with Crippen molar-refractivity contribution in [3.63, 3.8) is 0 Å². The van der Waals surface area contributed by atoms with Crippen LogP contribution >= 0.6 is 0 Å². The van der Waals surface area contributed by atoms with Crippen LogP contribution in [0, 0.1) is 0 Å². The third kappa shape index (κ3) is 1.59. The molecule has 0 aliphatic carbocycles. The van der Waals surface area contributed by atoms with E-state index in [4.69, 9.17) is 8.92 Å². The molecule has 4 heteroatoms. The molecule has 0 spiro atoms. The largest absolute Gasteiger partial charge is 0.493 e. The summed E-state index contributed by atoms with van der Waals surface area (Å²) in [6.07, 6.45) is 0.893. The molecule has 0 amide bonds. The Morgan fingerprint density at radius 1 is 1.54 bits per heavy atom. The van der Waals surface area contributed by atoms with Crippen LogP contribution < -0.4 is 4.74 Å². The van der Waals surface area contributed by atoms with Gasteiger partial charge in [0.1, 0.15) is 5.75 Å². The highest BCUT2D eigenvalue weighted by molar-refractivity contribution is 7.80. The lowest BCUT2D eigenvalue weighted by molar-refractivity contribution is 0.356. The van der Waals surface area contributed by atoms with E-state index in [1.54, 1.807) is 6.07 Å². The van der Waals surface area contributed by atoms with Crippen LogP contribution in [-0.4, -0.2) is 17.9 Å². The molecule has 1 aliphatic rings. The van der Waals surface area contributed by atoms with Crippen LogP contribution in [0.5, 0.6) is 5.75 Å². The lowest BCUT2D eigenvalue weighted by Crippen LogP contribution is -1.93. The van der Waals surface area contributed by atoms with Crippen LogP contribution in [0.2, 0.25) is 0 Å². The van der Waals surface area contributed by atoms with E-state index in [2.05, 4.69) is 0 Å². The van der Waals surface area contributed by atoms with Gasteiger partial charge < -0.3 is 4.74 Å². The third-order valence-corrected chi connectivity index (χ3v) is 2.95. The Balaban J connectivity index is 2.36. The van der Waals surface area contributed by atoms with Gasteiger partial charge in [-0.15, -0.1) is 0 Å². The number of ether oxygens (including phenoxy) is 1. The molecule has 1 heterocycles. The van der Waals surface area contributed by atoms with E-state index in [0.29, 0.717) is 4.90 Å². The average molecular weight is 198 g/mol. The normalized spacial score (nSPS) is 16.4. The molecule has 1 unspecified atom stereocenters. The molecular weight excluding hydrogens is 188 g/mol. The first-order valence-corrected chi connectivity index (χ1v) is 5.11. The fourth-order valence-corrected chi connectivity index (χ4v) is 1.97. The Labute approximate surface area is 79.3 Å². The summed E-state index contributed by atoms with van der Waals surface area (Å²) < 4.78 is 21.3. The highest BCUT2D eigenvalue weighted by Crippen LogP contribution is 2.26. The average Bonchev–Trinajstić information content (AvgIpc) is 2.63. The molecule has 0 aromatic heterocycles. The first-order valence-electron chi connectivity index (χ1n) is 4.03. The minimum Gasteiger partial charge on any atom is -0.493 e. The molecular formula is C9H10O3S. The van der Waals surface area contributed by atoms with Crippen LogP contribution in [0.1, 0.15) is 5.56 Å². The second-order valence-electron chi connectivity index (χ2n) is 2.77. The topological polar surface area (TPSA) is 35.5 Å². The standard InChI is InChI=1S/C9H10O3S/c1-11-13(10)8-2-3-9-7(6-8)4-5-12-9/h2-3,6H,4-5H2,1H3. The van der Waals surface area contributed by atoms with Crippen molar-refractivity contribution in [3.8, 4) is 5.75 Å². The van der Waals surface area contributed by atoms with Crippen LogP contribution in [0.4, 0.5) is 0 Å². The Morgan fingerprint density at radius 3 is 3.15 bits per heavy atom. The SMILES string of the molecule is COS(=O)c1ccc2c(c1)CCO2. The molecule has 0 saturated carbocycles. The van der Waals surface area contributed by atoms with Crippen molar-refractivity contribution in [2.75, 3.05) is 13.7 Å². The van der Waals surface area contributed by atoms with Crippen molar-refractivity contribution in [2.24, 2.45) is 0 Å². The molecule has 1 atom stereocenters. The molecule has 13 heavy (non-hydrogen) atoms. The quantitative estimate of drug-likeness (QED) is 0.718. The van der Waals surface area contributed by atoms with E-state index in [1.807, 2.05) is 12.1 Å². The van der Waals surface area contributed by atoms with Gasteiger partial charge in [-0.2, -0.15) is 0 Å². The third-order valence-electron chi connectivity index (χ3n) is 2.00. The number of fused-ring (bicyclic) bond motifs is 1. The molecule has 3 nitrogen and oxygen atoms in total. The van der Waals surface area contributed by atoms with Crippen LogP contribution in [0.25, 0.3) is 0 Å². The minimum atomic E-state index is -1.34. The maximum Gasteiger partial charge on any atom is 0.188 e. The summed E-state index contributed by atoms with van der Waals surface area (Å²) in [5.41, 5.74) is 1.11. The summed E-state index contributed by atoms with van der Waals surface area (Å²) in [5.74, 6) is 0.900. The van der Waals surface area contributed by atoms with Crippen molar-refractivity contribution < 1.29 is 13.1 Å². The first-order chi connectivity index (χ1) is 6.31. The number of hydrogen-bond donors (Lipinski definition) is 0. The highest BCUT2D eigenvalue weighted by Gasteiger charge is 2.13. The van der Waals surface area contributed by atoms with E-state index in [1.165, 1.54) is 7.11 Å². The Kier molecular flexibility index (Phi) is 2.33. The van der Waals surface area contributed by atoms with E-state index >= 15 is 0 Å². The van der Waals surface area contributed by atoms with Gasteiger partial charge in [-0.3, -0.25) is 4.18 Å². The second-order valence-corrected chi connectivity index (χ2v) is 4.04. The molecule has 0 N–H and O–H groups in total. The number of hydrogen-bond acceptors (Lipinski definition) is 3. The molecule has 1 aliphatic heterocycles. The molecule has 0 saturated heterocycles. The van der Waals surface area contributed by atoms with Crippen molar-refractivity contribution >= 4 is 11.1 Å². The number of benzene rings is 1. The van der Waals surface area contributed by atoms with E-state index in [0.717, 1.165) is 24.3 Å². The molecule has 0 bridgehead atoms.